The van der Waals surface area contributed by atoms with Crippen LogP contribution in [0.2, 0.25) is 5.02 Å². The van der Waals surface area contributed by atoms with Gasteiger partial charge in [0.15, 0.2) is 0 Å². The summed E-state index contributed by atoms with van der Waals surface area (Å²) in [6.07, 6.45) is 0.201. The minimum absolute atomic E-state index is 0.0990. The van der Waals surface area contributed by atoms with Crippen LogP contribution in [0, 0.1) is 11.3 Å². The molecule has 126 valence electrons. The Labute approximate surface area is 150 Å². The molecule has 1 aliphatic heterocycles. The number of hydrogen-bond acceptors (Lipinski definition) is 3. The van der Waals surface area contributed by atoms with Crippen molar-refractivity contribution in [3.63, 3.8) is 0 Å². The molecule has 1 heterocycles. The highest BCUT2D eigenvalue weighted by Crippen LogP contribution is 2.23. The van der Waals surface area contributed by atoms with Gasteiger partial charge in [-0.3, -0.25) is 4.79 Å². The number of benzene rings is 2. The van der Waals surface area contributed by atoms with E-state index in [4.69, 9.17) is 16.9 Å². The Morgan fingerprint density at radius 1 is 1.24 bits per heavy atom. The number of carbonyl (C=O) groups excluding carboxylic acids is 2. The van der Waals surface area contributed by atoms with Crippen molar-refractivity contribution in [1.29, 1.82) is 5.26 Å². The Hall–Kier alpha value is -3.04. The zero-order valence-corrected chi connectivity index (χ0v) is 14.0. The van der Waals surface area contributed by atoms with Crippen molar-refractivity contribution in [3.05, 3.63) is 59.1 Å². The molecular weight excluding hydrogens is 340 g/mol. The largest absolute Gasteiger partial charge is 0.333 e. The van der Waals surface area contributed by atoms with E-state index in [9.17, 15) is 9.59 Å². The van der Waals surface area contributed by atoms with Crippen molar-refractivity contribution >= 4 is 34.9 Å². The van der Waals surface area contributed by atoms with Crippen LogP contribution in [0.25, 0.3) is 0 Å². The van der Waals surface area contributed by atoms with Gasteiger partial charge in [-0.2, -0.15) is 5.26 Å². The van der Waals surface area contributed by atoms with Gasteiger partial charge in [0, 0.05) is 18.7 Å². The topological polar surface area (TPSA) is 85.2 Å². The third-order valence-corrected chi connectivity index (χ3v) is 4.20. The second-order valence-corrected chi connectivity index (χ2v) is 6.05. The lowest BCUT2D eigenvalue weighted by Gasteiger charge is -2.17. The van der Waals surface area contributed by atoms with Crippen molar-refractivity contribution < 1.29 is 9.59 Å². The van der Waals surface area contributed by atoms with Gasteiger partial charge in [0.1, 0.15) is 0 Å². The summed E-state index contributed by atoms with van der Waals surface area (Å²) in [7, 11) is 0. The van der Waals surface area contributed by atoms with Gasteiger partial charge in [0.05, 0.1) is 28.4 Å². The lowest BCUT2D eigenvalue weighted by atomic mass is 10.2. The monoisotopic (exact) mass is 354 g/mol. The summed E-state index contributed by atoms with van der Waals surface area (Å²) >= 11 is 6.01. The van der Waals surface area contributed by atoms with Gasteiger partial charge < -0.3 is 15.5 Å². The molecule has 1 fully saturated rings. The van der Waals surface area contributed by atoms with Crippen LogP contribution in [0.3, 0.4) is 0 Å². The second kappa shape index (κ2) is 7.24. The highest BCUT2D eigenvalue weighted by molar-refractivity contribution is 6.33. The smallest absolute Gasteiger partial charge is 0.319 e. The fraction of sp³-hybridized carbons (Fsp3) is 0.167. The van der Waals surface area contributed by atoms with Crippen LogP contribution in [-0.4, -0.2) is 24.5 Å². The van der Waals surface area contributed by atoms with Gasteiger partial charge in [-0.25, -0.2) is 4.79 Å². The predicted octanol–water partition coefficient (Wildman–Crippen LogP) is 3.14. The summed E-state index contributed by atoms with van der Waals surface area (Å²) in [4.78, 5) is 25.9. The summed E-state index contributed by atoms with van der Waals surface area (Å²) < 4.78 is 0. The third kappa shape index (κ3) is 3.90. The van der Waals surface area contributed by atoms with Crippen LogP contribution in [-0.2, 0) is 4.79 Å². The number of halogens is 1. The predicted molar refractivity (Wildman–Crippen MR) is 95.5 cm³/mol. The van der Waals surface area contributed by atoms with Crippen LogP contribution in [0.15, 0.2) is 48.5 Å². The lowest BCUT2D eigenvalue weighted by Crippen LogP contribution is -2.39. The number of rotatable bonds is 3. The zero-order valence-electron chi connectivity index (χ0n) is 13.2. The Kier molecular flexibility index (Phi) is 4.87. The molecular formula is C18H15ClN4O2. The Balaban J connectivity index is 1.63. The summed E-state index contributed by atoms with van der Waals surface area (Å²) in [6.45, 7) is 0.351. The average molecular weight is 355 g/mol. The van der Waals surface area contributed by atoms with E-state index in [0.717, 1.165) is 0 Å². The fourth-order valence-corrected chi connectivity index (χ4v) is 2.89. The van der Waals surface area contributed by atoms with Crippen molar-refractivity contribution in [2.45, 2.75) is 12.5 Å². The first-order chi connectivity index (χ1) is 12.1. The summed E-state index contributed by atoms with van der Waals surface area (Å²) in [6, 6.07) is 15.1. The van der Waals surface area contributed by atoms with Crippen LogP contribution in [0.4, 0.5) is 16.2 Å². The maximum atomic E-state index is 12.2. The first-order valence-electron chi connectivity index (χ1n) is 7.69. The molecule has 0 spiro atoms. The first kappa shape index (κ1) is 16.8. The molecule has 3 amide bonds. The standard InChI is InChI=1S/C18H15ClN4O2/c19-15-6-1-2-7-16(15)22-18(25)21-13-9-17(24)23(11-13)14-5-3-4-12(8-14)10-20/h1-8,13H,9,11H2,(H2,21,22,25). The van der Waals surface area contributed by atoms with Gasteiger partial charge in [0.25, 0.3) is 0 Å². The van der Waals surface area contributed by atoms with E-state index in [-0.39, 0.29) is 18.4 Å². The molecule has 3 rings (SSSR count). The number of nitrogens with one attached hydrogen (secondary N) is 2. The molecule has 1 unspecified atom stereocenters. The number of nitrogens with zero attached hydrogens (tertiary/aromatic N) is 2. The van der Waals surface area contributed by atoms with Gasteiger partial charge >= 0.3 is 6.03 Å². The Bertz CT molecular complexity index is 862. The van der Waals surface area contributed by atoms with Crippen molar-refractivity contribution in [2.24, 2.45) is 0 Å². The van der Waals surface area contributed by atoms with Crippen molar-refractivity contribution in [2.75, 3.05) is 16.8 Å². The number of nitriles is 1. The van der Waals surface area contributed by atoms with E-state index in [1.54, 1.807) is 53.4 Å². The summed E-state index contributed by atoms with van der Waals surface area (Å²) in [5.41, 5.74) is 1.64. The number of anilines is 2. The molecule has 6 nitrogen and oxygen atoms in total. The number of hydrogen-bond donors (Lipinski definition) is 2. The van der Waals surface area contributed by atoms with Gasteiger partial charge in [-0.15, -0.1) is 0 Å². The van der Waals surface area contributed by atoms with E-state index in [0.29, 0.717) is 28.5 Å². The summed E-state index contributed by atoms with van der Waals surface area (Å²) in [5.74, 6) is -0.0990. The van der Waals surface area contributed by atoms with Crippen molar-refractivity contribution in [3.8, 4) is 6.07 Å². The van der Waals surface area contributed by atoms with E-state index in [1.165, 1.54) is 0 Å². The molecule has 2 aromatic rings. The molecule has 0 aromatic heterocycles. The Morgan fingerprint density at radius 2 is 2.04 bits per heavy atom. The fourth-order valence-electron chi connectivity index (χ4n) is 2.70. The average Bonchev–Trinajstić information content (AvgIpc) is 2.97. The number of para-hydroxylation sites is 1. The SMILES string of the molecule is N#Cc1cccc(N2CC(NC(=O)Nc3ccccc3Cl)CC2=O)c1. The number of carbonyl (C=O) groups is 2. The van der Waals surface area contributed by atoms with Crippen molar-refractivity contribution in [1.82, 2.24) is 5.32 Å². The molecule has 2 N–H and O–H groups in total. The molecule has 1 saturated heterocycles. The normalized spacial score (nSPS) is 16.4. The molecule has 2 aromatic carbocycles. The van der Waals surface area contributed by atoms with Crippen LogP contribution in [0.5, 0.6) is 0 Å². The zero-order chi connectivity index (χ0) is 17.8. The van der Waals surface area contributed by atoms with E-state index < -0.39 is 6.03 Å². The second-order valence-electron chi connectivity index (χ2n) is 5.65. The lowest BCUT2D eigenvalue weighted by molar-refractivity contribution is -0.117. The first-order valence-corrected chi connectivity index (χ1v) is 8.07. The molecule has 0 saturated carbocycles. The van der Waals surface area contributed by atoms with E-state index in [2.05, 4.69) is 16.7 Å². The minimum atomic E-state index is -0.418. The van der Waals surface area contributed by atoms with Crippen LogP contribution < -0.4 is 15.5 Å². The molecule has 25 heavy (non-hydrogen) atoms. The molecule has 7 heteroatoms. The van der Waals surface area contributed by atoms with Gasteiger partial charge in [0.2, 0.25) is 5.91 Å². The maximum Gasteiger partial charge on any atom is 0.319 e. The van der Waals surface area contributed by atoms with E-state index >= 15 is 0 Å². The van der Waals surface area contributed by atoms with E-state index in [1.807, 2.05) is 0 Å². The molecule has 1 aliphatic rings. The maximum absolute atomic E-state index is 12.2. The van der Waals surface area contributed by atoms with Crippen LogP contribution >= 0.6 is 11.6 Å². The molecule has 0 bridgehead atoms. The molecule has 0 aliphatic carbocycles. The number of amides is 3. The molecule has 1 atom stereocenters. The van der Waals surface area contributed by atoms with Gasteiger partial charge in [-0.1, -0.05) is 29.8 Å². The van der Waals surface area contributed by atoms with Crippen LogP contribution in [0.1, 0.15) is 12.0 Å². The Morgan fingerprint density at radius 3 is 2.80 bits per heavy atom. The van der Waals surface area contributed by atoms with Gasteiger partial charge in [-0.05, 0) is 30.3 Å². The summed E-state index contributed by atoms with van der Waals surface area (Å²) in [5, 5.41) is 14.9. The quantitative estimate of drug-likeness (QED) is 0.887. The minimum Gasteiger partial charge on any atom is -0.333 e. The number of urea groups is 1. The molecule has 0 radical (unpaired) electrons. The highest BCUT2D eigenvalue weighted by atomic mass is 35.5. The third-order valence-electron chi connectivity index (χ3n) is 3.87. The highest BCUT2D eigenvalue weighted by Gasteiger charge is 2.31.